The maximum atomic E-state index is 13.3. The molecule has 0 heterocycles. The highest BCUT2D eigenvalue weighted by Gasteiger charge is 2.05. The van der Waals surface area contributed by atoms with Gasteiger partial charge in [0.15, 0.2) is 0 Å². The predicted octanol–water partition coefficient (Wildman–Crippen LogP) is 2.17. The molecule has 4 nitrogen and oxygen atoms in total. The first kappa shape index (κ1) is 15.6. The summed E-state index contributed by atoms with van der Waals surface area (Å²) in [4.78, 5) is 11.5. The third kappa shape index (κ3) is 6.88. The summed E-state index contributed by atoms with van der Waals surface area (Å²) >= 11 is 0. The van der Waals surface area contributed by atoms with Gasteiger partial charge in [-0.15, -0.1) is 0 Å². The molecular weight excluding hydrogens is 247 g/mol. The first-order chi connectivity index (χ1) is 9.24. The number of carbonyl (C=O) groups excluding carboxylic acids is 1. The second kappa shape index (κ2) is 9.47. The fourth-order valence-corrected chi connectivity index (χ4v) is 1.50. The van der Waals surface area contributed by atoms with Gasteiger partial charge in [-0.25, -0.2) is 4.39 Å². The third-order valence-electron chi connectivity index (χ3n) is 2.42. The topological polar surface area (TPSA) is 50.4 Å². The van der Waals surface area contributed by atoms with Gasteiger partial charge in [0.25, 0.3) is 0 Å². The molecule has 0 aliphatic heterocycles. The molecule has 0 spiro atoms. The molecule has 1 aromatic carbocycles. The minimum atomic E-state index is -0.427. The number of para-hydroxylation sites is 1. The quantitative estimate of drug-likeness (QED) is 0.675. The van der Waals surface area contributed by atoms with E-state index in [0.29, 0.717) is 13.2 Å². The fourth-order valence-electron chi connectivity index (χ4n) is 1.50. The van der Waals surface area contributed by atoms with Crippen LogP contribution < -0.4 is 10.6 Å². The maximum absolute atomic E-state index is 13.3. The van der Waals surface area contributed by atoms with E-state index in [1.807, 2.05) is 0 Å². The van der Waals surface area contributed by atoms with Crippen molar-refractivity contribution in [3.63, 3.8) is 0 Å². The van der Waals surface area contributed by atoms with Crippen molar-refractivity contribution in [3.05, 3.63) is 30.1 Å². The van der Waals surface area contributed by atoms with Crippen molar-refractivity contribution in [1.82, 2.24) is 5.32 Å². The van der Waals surface area contributed by atoms with Gasteiger partial charge in [0.05, 0.1) is 12.2 Å². The average Bonchev–Trinajstić information content (AvgIpc) is 2.40. The van der Waals surface area contributed by atoms with E-state index < -0.39 is 5.82 Å². The molecular formula is C14H21FN2O2. The Morgan fingerprint density at radius 2 is 2.11 bits per heavy atom. The van der Waals surface area contributed by atoms with Crippen LogP contribution in [0.4, 0.5) is 10.1 Å². The average molecular weight is 268 g/mol. The Kier molecular flexibility index (Phi) is 7.77. The summed E-state index contributed by atoms with van der Waals surface area (Å²) in [7, 11) is 0. The number of anilines is 1. The SMILES string of the molecule is CCCOCCCNCC(=O)Nc1ccccc1F. The van der Waals surface area contributed by atoms with Crippen LogP contribution in [0, 0.1) is 5.82 Å². The molecule has 19 heavy (non-hydrogen) atoms. The molecule has 5 heteroatoms. The summed E-state index contributed by atoms with van der Waals surface area (Å²) in [6.45, 7) is 4.39. The molecule has 0 saturated heterocycles. The Morgan fingerprint density at radius 3 is 2.84 bits per heavy atom. The molecule has 0 bridgehead atoms. The van der Waals surface area contributed by atoms with Gasteiger partial charge in [0.1, 0.15) is 5.82 Å². The van der Waals surface area contributed by atoms with Crippen molar-refractivity contribution in [2.75, 3.05) is 31.6 Å². The normalized spacial score (nSPS) is 10.4. The fraction of sp³-hybridized carbons (Fsp3) is 0.500. The first-order valence-electron chi connectivity index (χ1n) is 6.57. The van der Waals surface area contributed by atoms with E-state index >= 15 is 0 Å². The molecule has 0 aromatic heterocycles. The summed E-state index contributed by atoms with van der Waals surface area (Å²) in [5.74, 6) is -0.677. The molecule has 0 aliphatic carbocycles. The zero-order valence-corrected chi connectivity index (χ0v) is 11.2. The van der Waals surface area contributed by atoms with Crippen molar-refractivity contribution < 1.29 is 13.9 Å². The summed E-state index contributed by atoms with van der Waals surface area (Å²) in [5, 5.41) is 5.50. The molecule has 0 radical (unpaired) electrons. The zero-order chi connectivity index (χ0) is 13.9. The van der Waals surface area contributed by atoms with Gasteiger partial charge in [-0.3, -0.25) is 4.79 Å². The molecule has 106 valence electrons. The summed E-state index contributed by atoms with van der Waals surface area (Å²) in [5.41, 5.74) is 0.209. The molecule has 0 atom stereocenters. The van der Waals surface area contributed by atoms with E-state index in [1.54, 1.807) is 12.1 Å². The maximum Gasteiger partial charge on any atom is 0.238 e. The Balaban J connectivity index is 2.10. The zero-order valence-electron chi connectivity index (χ0n) is 11.2. The van der Waals surface area contributed by atoms with Gasteiger partial charge in [-0.1, -0.05) is 19.1 Å². The number of amides is 1. The minimum absolute atomic E-state index is 0.169. The lowest BCUT2D eigenvalue weighted by atomic mass is 10.3. The molecule has 1 amide bonds. The van der Waals surface area contributed by atoms with E-state index in [2.05, 4.69) is 17.6 Å². The minimum Gasteiger partial charge on any atom is -0.381 e. The van der Waals surface area contributed by atoms with Gasteiger partial charge in [-0.05, 0) is 31.5 Å². The predicted molar refractivity (Wildman–Crippen MR) is 73.6 cm³/mol. The lowest BCUT2D eigenvalue weighted by Gasteiger charge is -2.07. The van der Waals surface area contributed by atoms with Crippen LogP contribution >= 0.6 is 0 Å². The highest BCUT2D eigenvalue weighted by molar-refractivity contribution is 5.92. The van der Waals surface area contributed by atoms with Gasteiger partial charge in [-0.2, -0.15) is 0 Å². The summed E-state index contributed by atoms with van der Waals surface area (Å²) < 4.78 is 18.6. The van der Waals surface area contributed by atoms with Crippen LogP contribution in [0.2, 0.25) is 0 Å². The lowest BCUT2D eigenvalue weighted by Crippen LogP contribution is -2.29. The van der Waals surface area contributed by atoms with Crippen molar-refractivity contribution in [3.8, 4) is 0 Å². The van der Waals surface area contributed by atoms with Crippen molar-refractivity contribution in [2.24, 2.45) is 0 Å². The van der Waals surface area contributed by atoms with Crippen LogP contribution in [0.15, 0.2) is 24.3 Å². The Morgan fingerprint density at radius 1 is 1.32 bits per heavy atom. The van der Waals surface area contributed by atoms with E-state index in [0.717, 1.165) is 19.4 Å². The standard InChI is InChI=1S/C14H21FN2O2/c1-2-9-19-10-5-8-16-11-14(18)17-13-7-4-3-6-12(13)15/h3-4,6-7,16H,2,5,8-11H2,1H3,(H,17,18). The van der Waals surface area contributed by atoms with E-state index in [-0.39, 0.29) is 18.1 Å². The van der Waals surface area contributed by atoms with Crippen molar-refractivity contribution in [2.45, 2.75) is 19.8 Å². The number of nitrogens with one attached hydrogen (secondary N) is 2. The van der Waals surface area contributed by atoms with Gasteiger partial charge in [0, 0.05) is 13.2 Å². The van der Waals surface area contributed by atoms with Crippen LogP contribution in [-0.4, -0.2) is 32.2 Å². The van der Waals surface area contributed by atoms with E-state index in [4.69, 9.17) is 4.74 Å². The van der Waals surface area contributed by atoms with Gasteiger partial charge < -0.3 is 15.4 Å². The van der Waals surface area contributed by atoms with E-state index in [9.17, 15) is 9.18 Å². The van der Waals surface area contributed by atoms with E-state index in [1.165, 1.54) is 12.1 Å². The number of hydrogen-bond donors (Lipinski definition) is 2. The Bertz CT molecular complexity index is 385. The largest absolute Gasteiger partial charge is 0.381 e. The first-order valence-corrected chi connectivity index (χ1v) is 6.57. The summed E-state index contributed by atoms with van der Waals surface area (Å²) in [6, 6.07) is 6.11. The number of hydrogen-bond acceptors (Lipinski definition) is 3. The molecule has 1 rings (SSSR count). The van der Waals surface area contributed by atoms with Crippen LogP contribution in [0.25, 0.3) is 0 Å². The molecule has 0 fully saturated rings. The molecule has 0 saturated carbocycles. The number of rotatable bonds is 9. The van der Waals surface area contributed by atoms with Gasteiger partial charge in [0.2, 0.25) is 5.91 Å². The smallest absolute Gasteiger partial charge is 0.238 e. The number of benzene rings is 1. The Labute approximate surface area is 113 Å². The highest BCUT2D eigenvalue weighted by Crippen LogP contribution is 2.11. The number of halogens is 1. The molecule has 2 N–H and O–H groups in total. The van der Waals surface area contributed by atoms with Crippen molar-refractivity contribution in [1.29, 1.82) is 0 Å². The summed E-state index contributed by atoms with van der Waals surface area (Å²) in [6.07, 6.45) is 1.87. The number of ether oxygens (including phenoxy) is 1. The third-order valence-corrected chi connectivity index (χ3v) is 2.42. The molecule has 0 unspecified atom stereocenters. The second-order valence-corrected chi connectivity index (χ2v) is 4.17. The van der Waals surface area contributed by atoms with Crippen molar-refractivity contribution >= 4 is 11.6 Å². The highest BCUT2D eigenvalue weighted by atomic mass is 19.1. The van der Waals surface area contributed by atoms with Gasteiger partial charge >= 0.3 is 0 Å². The molecule has 1 aromatic rings. The Hall–Kier alpha value is -1.46. The van der Waals surface area contributed by atoms with Crippen LogP contribution in [0.5, 0.6) is 0 Å². The monoisotopic (exact) mass is 268 g/mol. The van der Waals surface area contributed by atoms with Crippen LogP contribution in [0.1, 0.15) is 19.8 Å². The van der Waals surface area contributed by atoms with Crippen LogP contribution in [0.3, 0.4) is 0 Å². The lowest BCUT2D eigenvalue weighted by molar-refractivity contribution is -0.115. The molecule has 0 aliphatic rings. The second-order valence-electron chi connectivity index (χ2n) is 4.17. The van der Waals surface area contributed by atoms with Crippen LogP contribution in [-0.2, 0) is 9.53 Å². The number of carbonyl (C=O) groups is 1.